The minimum absolute atomic E-state index is 0.342. The summed E-state index contributed by atoms with van der Waals surface area (Å²) in [7, 11) is 0. The van der Waals surface area contributed by atoms with Crippen LogP contribution in [0.2, 0.25) is 0 Å². The normalized spacial score (nSPS) is 12.3. The minimum atomic E-state index is -0.808. The van der Waals surface area contributed by atoms with E-state index in [0.29, 0.717) is 12.1 Å². The molecule has 2 N–H and O–H groups in total. The molecule has 1 unspecified atom stereocenters. The third-order valence-electron chi connectivity index (χ3n) is 3.04. The van der Waals surface area contributed by atoms with Gasteiger partial charge < -0.3 is 10.4 Å². The topological polar surface area (TPSA) is 32.3 Å². The van der Waals surface area contributed by atoms with Gasteiger partial charge in [0, 0.05) is 12.1 Å². The second kappa shape index (κ2) is 7.02. The fourth-order valence-electron chi connectivity index (χ4n) is 1.97. The summed E-state index contributed by atoms with van der Waals surface area (Å²) in [5.41, 5.74) is 1.59. The SMILES string of the molecule is OC(CNCCc1ccccc1)c1ccccc1F. The van der Waals surface area contributed by atoms with Gasteiger partial charge in [0.2, 0.25) is 0 Å². The molecule has 3 heteroatoms. The third kappa shape index (κ3) is 4.16. The lowest BCUT2D eigenvalue weighted by molar-refractivity contribution is 0.170. The summed E-state index contributed by atoms with van der Waals surface area (Å²) in [6.45, 7) is 1.11. The predicted octanol–water partition coefficient (Wildman–Crippen LogP) is 2.69. The number of rotatable bonds is 6. The van der Waals surface area contributed by atoms with Crippen molar-refractivity contribution in [1.82, 2.24) is 5.32 Å². The molecule has 2 nitrogen and oxygen atoms in total. The van der Waals surface area contributed by atoms with E-state index in [1.807, 2.05) is 18.2 Å². The highest BCUT2D eigenvalue weighted by atomic mass is 19.1. The molecule has 0 bridgehead atoms. The summed E-state index contributed by atoms with van der Waals surface area (Å²) in [6.07, 6.45) is 0.0853. The smallest absolute Gasteiger partial charge is 0.129 e. The number of aliphatic hydroxyl groups is 1. The van der Waals surface area contributed by atoms with Crippen molar-refractivity contribution >= 4 is 0 Å². The Labute approximate surface area is 112 Å². The Bertz CT molecular complexity index is 501. The van der Waals surface area contributed by atoms with E-state index in [-0.39, 0.29) is 5.82 Å². The van der Waals surface area contributed by atoms with Crippen LogP contribution in [-0.2, 0) is 6.42 Å². The molecule has 0 radical (unpaired) electrons. The van der Waals surface area contributed by atoms with E-state index in [1.165, 1.54) is 11.6 Å². The van der Waals surface area contributed by atoms with Crippen LogP contribution in [0.15, 0.2) is 54.6 Å². The second-order valence-corrected chi connectivity index (χ2v) is 4.48. The Kier molecular flexibility index (Phi) is 5.07. The van der Waals surface area contributed by atoms with Gasteiger partial charge in [0.15, 0.2) is 0 Å². The van der Waals surface area contributed by atoms with Gasteiger partial charge in [0.05, 0.1) is 6.10 Å². The Morgan fingerprint density at radius 2 is 1.68 bits per heavy atom. The van der Waals surface area contributed by atoms with Crippen LogP contribution in [-0.4, -0.2) is 18.2 Å². The maximum Gasteiger partial charge on any atom is 0.129 e. The average molecular weight is 259 g/mol. The van der Waals surface area contributed by atoms with Gasteiger partial charge in [-0.25, -0.2) is 4.39 Å². The molecule has 0 spiro atoms. The van der Waals surface area contributed by atoms with Crippen LogP contribution in [0, 0.1) is 5.82 Å². The molecule has 0 aliphatic rings. The highest BCUT2D eigenvalue weighted by Gasteiger charge is 2.10. The van der Waals surface area contributed by atoms with Crippen molar-refractivity contribution < 1.29 is 9.50 Å². The maximum atomic E-state index is 13.4. The average Bonchev–Trinajstić information content (AvgIpc) is 2.45. The van der Waals surface area contributed by atoms with Gasteiger partial charge >= 0.3 is 0 Å². The van der Waals surface area contributed by atoms with Gasteiger partial charge in [0.1, 0.15) is 5.82 Å². The van der Waals surface area contributed by atoms with Gasteiger partial charge in [-0.3, -0.25) is 0 Å². The lowest BCUT2D eigenvalue weighted by Crippen LogP contribution is -2.24. The Hall–Kier alpha value is -1.71. The molecule has 0 aromatic heterocycles. The summed E-state index contributed by atoms with van der Waals surface area (Å²) < 4.78 is 13.4. The largest absolute Gasteiger partial charge is 0.387 e. The second-order valence-electron chi connectivity index (χ2n) is 4.48. The van der Waals surface area contributed by atoms with E-state index < -0.39 is 6.10 Å². The first kappa shape index (κ1) is 13.7. The minimum Gasteiger partial charge on any atom is -0.387 e. The molecule has 1 atom stereocenters. The van der Waals surface area contributed by atoms with E-state index in [9.17, 15) is 9.50 Å². The number of aliphatic hydroxyl groups excluding tert-OH is 1. The standard InChI is InChI=1S/C16H18FNO/c17-15-9-5-4-8-14(15)16(19)12-18-11-10-13-6-2-1-3-7-13/h1-9,16,18-19H,10-12H2. The number of nitrogens with one attached hydrogen (secondary N) is 1. The van der Waals surface area contributed by atoms with E-state index in [2.05, 4.69) is 17.4 Å². The van der Waals surface area contributed by atoms with Gasteiger partial charge in [-0.2, -0.15) is 0 Å². The highest BCUT2D eigenvalue weighted by molar-refractivity contribution is 5.20. The van der Waals surface area contributed by atoms with Crippen molar-refractivity contribution in [3.05, 3.63) is 71.5 Å². The molecular weight excluding hydrogens is 241 g/mol. The molecule has 0 saturated heterocycles. The molecule has 0 amide bonds. The van der Waals surface area contributed by atoms with Crippen LogP contribution in [0.5, 0.6) is 0 Å². The van der Waals surface area contributed by atoms with Crippen molar-refractivity contribution in [1.29, 1.82) is 0 Å². The lowest BCUT2D eigenvalue weighted by Gasteiger charge is -2.13. The van der Waals surface area contributed by atoms with Gasteiger partial charge in [-0.15, -0.1) is 0 Å². The van der Waals surface area contributed by atoms with Crippen LogP contribution >= 0.6 is 0 Å². The summed E-state index contributed by atoms with van der Waals surface area (Å²) in [4.78, 5) is 0. The fourth-order valence-corrected chi connectivity index (χ4v) is 1.97. The fraction of sp³-hybridized carbons (Fsp3) is 0.250. The van der Waals surface area contributed by atoms with Gasteiger partial charge in [-0.05, 0) is 24.6 Å². The summed E-state index contributed by atoms with van der Waals surface area (Å²) in [5, 5.41) is 13.0. The molecular formula is C16H18FNO. The first-order chi connectivity index (χ1) is 9.27. The van der Waals surface area contributed by atoms with E-state index in [4.69, 9.17) is 0 Å². The molecule has 0 heterocycles. The molecule has 0 saturated carbocycles. The van der Waals surface area contributed by atoms with Crippen LogP contribution in [0.4, 0.5) is 4.39 Å². The number of hydrogen-bond donors (Lipinski definition) is 2. The molecule has 2 aromatic carbocycles. The van der Waals surface area contributed by atoms with Crippen molar-refractivity contribution in [2.24, 2.45) is 0 Å². The lowest BCUT2D eigenvalue weighted by atomic mass is 10.1. The summed E-state index contributed by atoms with van der Waals surface area (Å²) >= 11 is 0. The van der Waals surface area contributed by atoms with Crippen molar-refractivity contribution in [3.63, 3.8) is 0 Å². The molecule has 100 valence electrons. The molecule has 2 rings (SSSR count). The molecule has 19 heavy (non-hydrogen) atoms. The van der Waals surface area contributed by atoms with Crippen LogP contribution in [0.25, 0.3) is 0 Å². The first-order valence-electron chi connectivity index (χ1n) is 6.44. The van der Waals surface area contributed by atoms with Crippen LogP contribution < -0.4 is 5.32 Å². The quantitative estimate of drug-likeness (QED) is 0.782. The zero-order valence-electron chi connectivity index (χ0n) is 10.7. The highest BCUT2D eigenvalue weighted by Crippen LogP contribution is 2.15. The van der Waals surface area contributed by atoms with Crippen molar-refractivity contribution in [2.45, 2.75) is 12.5 Å². The van der Waals surface area contributed by atoms with Gasteiger partial charge in [0.25, 0.3) is 0 Å². The Morgan fingerprint density at radius 3 is 2.42 bits per heavy atom. The maximum absolute atomic E-state index is 13.4. The molecule has 0 fully saturated rings. The number of halogens is 1. The zero-order valence-corrected chi connectivity index (χ0v) is 10.7. The number of hydrogen-bond acceptors (Lipinski definition) is 2. The summed E-state index contributed by atoms with van der Waals surface area (Å²) in [5.74, 6) is -0.361. The first-order valence-corrected chi connectivity index (χ1v) is 6.44. The number of benzene rings is 2. The predicted molar refractivity (Wildman–Crippen MR) is 74.4 cm³/mol. The molecule has 2 aromatic rings. The third-order valence-corrected chi connectivity index (χ3v) is 3.04. The van der Waals surface area contributed by atoms with Crippen molar-refractivity contribution in [2.75, 3.05) is 13.1 Å². The molecule has 0 aliphatic carbocycles. The van der Waals surface area contributed by atoms with E-state index >= 15 is 0 Å². The van der Waals surface area contributed by atoms with E-state index in [1.54, 1.807) is 18.2 Å². The van der Waals surface area contributed by atoms with Crippen LogP contribution in [0.1, 0.15) is 17.2 Å². The molecule has 0 aliphatic heterocycles. The van der Waals surface area contributed by atoms with E-state index in [0.717, 1.165) is 13.0 Å². The Balaban J connectivity index is 1.76. The van der Waals surface area contributed by atoms with Gasteiger partial charge in [-0.1, -0.05) is 48.5 Å². The van der Waals surface area contributed by atoms with Crippen LogP contribution in [0.3, 0.4) is 0 Å². The monoisotopic (exact) mass is 259 g/mol. The van der Waals surface area contributed by atoms with Crippen molar-refractivity contribution in [3.8, 4) is 0 Å². The Morgan fingerprint density at radius 1 is 1.00 bits per heavy atom. The zero-order chi connectivity index (χ0) is 13.5. The summed E-state index contributed by atoms with van der Waals surface area (Å²) in [6, 6.07) is 16.4.